The van der Waals surface area contributed by atoms with E-state index in [1.807, 2.05) is 13.8 Å². The molecule has 2 aromatic carbocycles. The lowest BCUT2D eigenvalue weighted by Gasteiger charge is -2.27. The summed E-state index contributed by atoms with van der Waals surface area (Å²) in [5, 5.41) is 6.04. The summed E-state index contributed by atoms with van der Waals surface area (Å²) in [6, 6.07) is 9.51. The van der Waals surface area contributed by atoms with Crippen LogP contribution in [-0.4, -0.2) is 45.2 Å². The van der Waals surface area contributed by atoms with E-state index in [1.165, 1.54) is 42.6 Å². The highest BCUT2D eigenvalue weighted by Crippen LogP contribution is 2.37. The number of likely N-dealkylation sites (tertiary alicyclic amines) is 1. The fourth-order valence-electron chi connectivity index (χ4n) is 5.22. The summed E-state index contributed by atoms with van der Waals surface area (Å²) in [6.07, 6.45) is 4.10. The van der Waals surface area contributed by atoms with E-state index in [2.05, 4.69) is 15.6 Å². The number of fused-ring (bicyclic) bond motifs is 1. The predicted octanol–water partition coefficient (Wildman–Crippen LogP) is 4.67. The molecule has 3 amide bonds. The number of hydrogen-bond donors (Lipinski definition) is 2. The number of pyridine rings is 1. The summed E-state index contributed by atoms with van der Waals surface area (Å²) in [6.45, 7) is 5.64. The molecule has 3 atom stereocenters. The minimum absolute atomic E-state index is 0.106. The Bertz CT molecular complexity index is 1430. The predicted molar refractivity (Wildman–Crippen MR) is 138 cm³/mol. The highest BCUT2D eigenvalue weighted by atomic mass is 19.1. The Morgan fingerprint density at radius 1 is 1.00 bits per heavy atom. The number of halogens is 2. The molecule has 2 N–H and O–H groups in total. The van der Waals surface area contributed by atoms with Gasteiger partial charge in [-0.2, -0.15) is 0 Å². The van der Waals surface area contributed by atoms with Crippen molar-refractivity contribution in [2.24, 2.45) is 0 Å². The van der Waals surface area contributed by atoms with Crippen molar-refractivity contribution >= 4 is 28.6 Å². The van der Waals surface area contributed by atoms with E-state index in [0.717, 1.165) is 12.8 Å². The molecular weight excluding hydrogens is 490 g/mol. The molecule has 2 unspecified atom stereocenters. The Morgan fingerprint density at radius 2 is 1.71 bits per heavy atom. The maximum absolute atomic E-state index is 15.1. The van der Waals surface area contributed by atoms with Crippen LogP contribution in [0, 0.1) is 11.6 Å². The molecule has 1 saturated heterocycles. The number of carbonyl (C=O) groups excluding carboxylic acids is 3. The fraction of sp³-hybridized carbons (Fsp3) is 0.379. The molecule has 5 rings (SSSR count). The van der Waals surface area contributed by atoms with Gasteiger partial charge in [-0.05, 0) is 82.9 Å². The molecule has 1 aliphatic carbocycles. The summed E-state index contributed by atoms with van der Waals surface area (Å²) < 4.78 is 28.6. The van der Waals surface area contributed by atoms with Gasteiger partial charge < -0.3 is 15.5 Å². The van der Waals surface area contributed by atoms with Crippen molar-refractivity contribution in [2.75, 3.05) is 0 Å². The minimum Gasteiger partial charge on any atom is -0.347 e. The lowest BCUT2D eigenvalue weighted by atomic mass is 10.0. The molecule has 2 aliphatic rings. The van der Waals surface area contributed by atoms with Crippen molar-refractivity contribution in [1.82, 2.24) is 20.5 Å². The smallest absolute Gasteiger partial charge is 0.254 e. The average Bonchev–Trinajstić information content (AvgIpc) is 3.59. The number of aromatic nitrogens is 1. The Hall–Kier alpha value is -3.88. The van der Waals surface area contributed by atoms with E-state index in [1.54, 1.807) is 17.9 Å². The van der Waals surface area contributed by atoms with Crippen LogP contribution in [0.3, 0.4) is 0 Å². The first-order valence-corrected chi connectivity index (χ1v) is 12.9. The Morgan fingerprint density at radius 3 is 2.37 bits per heavy atom. The SMILES string of the molecule is CC1CCC(C)N1C(=O)c1ccc([C@@H](C)NC(=O)C2(NC(=O)c3cnc4ccc(F)cc4c3)CC2)c(F)c1. The van der Waals surface area contributed by atoms with Gasteiger partial charge in [0.2, 0.25) is 5.91 Å². The quantitative estimate of drug-likeness (QED) is 0.494. The third-order valence-corrected chi connectivity index (χ3v) is 7.69. The van der Waals surface area contributed by atoms with Crippen LogP contribution < -0.4 is 10.6 Å². The average molecular weight is 521 g/mol. The highest BCUT2D eigenvalue weighted by molar-refractivity contribution is 6.02. The third kappa shape index (κ3) is 4.85. The van der Waals surface area contributed by atoms with Gasteiger partial charge >= 0.3 is 0 Å². The van der Waals surface area contributed by atoms with E-state index < -0.39 is 35.0 Å². The number of nitrogens with zero attached hydrogens (tertiary/aromatic N) is 2. The minimum atomic E-state index is -1.10. The van der Waals surface area contributed by atoms with Gasteiger partial charge in [0.15, 0.2) is 0 Å². The number of nitrogens with one attached hydrogen (secondary N) is 2. The molecule has 2 heterocycles. The van der Waals surface area contributed by atoms with Gasteiger partial charge in [0.05, 0.1) is 17.1 Å². The Labute approximate surface area is 219 Å². The molecule has 1 saturated carbocycles. The molecule has 7 nitrogen and oxygen atoms in total. The first kappa shape index (κ1) is 25.8. The number of hydrogen-bond acceptors (Lipinski definition) is 4. The number of rotatable bonds is 6. The van der Waals surface area contributed by atoms with E-state index >= 15 is 4.39 Å². The highest BCUT2D eigenvalue weighted by Gasteiger charge is 2.51. The lowest BCUT2D eigenvalue weighted by molar-refractivity contribution is -0.124. The Balaban J connectivity index is 1.25. The first-order valence-electron chi connectivity index (χ1n) is 12.9. The number of amides is 3. The maximum atomic E-state index is 15.1. The van der Waals surface area contributed by atoms with Crippen LogP contribution >= 0.6 is 0 Å². The third-order valence-electron chi connectivity index (χ3n) is 7.69. The van der Waals surface area contributed by atoms with Gasteiger partial charge in [-0.25, -0.2) is 8.78 Å². The first-order chi connectivity index (χ1) is 18.1. The van der Waals surface area contributed by atoms with Crippen LogP contribution in [0.25, 0.3) is 10.9 Å². The summed E-state index contributed by atoms with van der Waals surface area (Å²) in [4.78, 5) is 44.9. The zero-order valence-electron chi connectivity index (χ0n) is 21.6. The van der Waals surface area contributed by atoms with Crippen molar-refractivity contribution in [3.05, 3.63) is 77.0 Å². The Kier molecular flexibility index (Phi) is 6.63. The number of benzene rings is 2. The summed E-state index contributed by atoms with van der Waals surface area (Å²) in [7, 11) is 0. The molecule has 0 radical (unpaired) electrons. The summed E-state index contributed by atoms with van der Waals surface area (Å²) in [5.74, 6) is -2.13. The molecule has 0 spiro atoms. The van der Waals surface area contributed by atoms with Gasteiger partial charge in [0.1, 0.15) is 17.2 Å². The van der Waals surface area contributed by atoms with Gasteiger partial charge in [0.25, 0.3) is 11.8 Å². The summed E-state index contributed by atoms with van der Waals surface area (Å²) >= 11 is 0. The second-order valence-corrected chi connectivity index (χ2v) is 10.5. The van der Waals surface area contributed by atoms with E-state index in [-0.39, 0.29) is 34.7 Å². The van der Waals surface area contributed by atoms with E-state index in [0.29, 0.717) is 23.7 Å². The topological polar surface area (TPSA) is 91.4 Å². The van der Waals surface area contributed by atoms with E-state index in [4.69, 9.17) is 0 Å². The molecule has 3 aromatic rings. The van der Waals surface area contributed by atoms with Crippen molar-refractivity contribution < 1.29 is 23.2 Å². The van der Waals surface area contributed by atoms with Crippen LogP contribution in [0.4, 0.5) is 8.78 Å². The van der Waals surface area contributed by atoms with Crippen molar-refractivity contribution in [3.8, 4) is 0 Å². The van der Waals surface area contributed by atoms with Crippen LogP contribution in [0.2, 0.25) is 0 Å². The standard InChI is InChI=1S/C29H30F2N4O3/c1-16-4-5-17(2)35(16)27(37)19-6-8-23(24(31)14-19)18(3)33-28(38)29(10-11-29)34-26(36)21-12-20-13-22(30)7-9-25(20)32-15-21/h6-9,12-18H,4-5,10-11H2,1-3H3,(H,33,38)(H,34,36)/t16?,17?,18-/m1/s1. The molecule has 9 heteroatoms. The van der Waals surface area contributed by atoms with Crippen molar-refractivity contribution in [2.45, 2.75) is 70.1 Å². The molecule has 198 valence electrons. The van der Waals surface area contributed by atoms with Gasteiger partial charge in [0, 0.05) is 34.8 Å². The zero-order chi connectivity index (χ0) is 27.2. The van der Waals surface area contributed by atoms with Crippen LogP contribution in [-0.2, 0) is 4.79 Å². The second-order valence-electron chi connectivity index (χ2n) is 10.5. The largest absolute Gasteiger partial charge is 0.347 e. The summed E-state index contributed by atoms with van der Waals surface area (Å²) in [5.41, 5.74) is 0.190. The number of carbonyl (C=O) groups is 3. The zero-order valence-corrected chi connectivity index (χ0v) is 21.6. The van der Waals surface area contributed by atoms with E-state index in [9.17, 15) is 18.8 Å². The molecule has 1 aliphatic heterocycles. The van der Waals surface area contributed by atoms with Gasteiger partial charge in [-0.1, -0.05) is 6.07 Å². The second kappa shape index (κ2) is 9.78. The maximum Gasteiger partial charge on any atom is 0.254 e. The molecule has 2 fully saturated rings. The molecule has 1 aromatic heterocycles. The molecule has 0 bridgehead atoms. The monoisotopic (exact) mass is 520 g/mol. The molecular formula is C29H30F2N4O3. The van der Waals surface area contributed by atoms with Crippen LogP contribution in [0.5, 0.6) is 0 Å². The van der Waals surface area contributed by atoms with Gasteiger partial charge in [-0.15, -0.1) is 0 Å². The van der Waals surface area contributed by atoms with Crippen LogP contribution in [0.15, 0.2) is 48.7 Å². The van der Waals surface area contributed by atoms with Crippen LogP contribution in [0.1, 0.15) is 78.8 Å². The molecule has 38 heavy (non-hydrogen) atoms. The van der Waals surface area contributed by atoms with Crippen molar-refractivity contribution in [1.29, 1.82) is 0 Å². The fourth-order valence-corrected chi connectivity index (χ4v) is 5.22. The van der Waals surface area contributed by atoms with Crippen molar-refractivity contribution in [3.63, 3.8) is 0 Å². The van der Waals surface area contributed by atoms with Gasteiger partial charge in [-0.3, -0.25) is 19.4 Å². The normalized spacial score (nSPS) is 20.7. The lowest BCUT2D eigenvalue weighted by Crippen LogP contribution is -2.49.